The van der Waals surface area contributed by atoms with E-state index in [-0.39, 0.29) is 15.8 Å². The van der Waals surface area contributed by atoms with Gasteiger partial charge in [0.25, 0.3) is 0 Å². The lowest BCUT2D eigenvalue weighted by atomic mass is 10.3. The minimum atomic E-state index is 0.224. The minimum Gasteiger partial charge on any atom is -0.101 e. The van der Waals surface area contributed by atoms with Crippen LogP contribution in [0, 0.1) is 0 Å². The molecule has 17 heavy (non-hydrogen) atoms. The van der Waals surface area contributed by atoms with Gasteiger partial charge in [-0.05, 0) is 36.7 Å². The molecule has 0 saturated carbocycles. The number of rotatable bonds is 7. The molecule has 1 unspecified atom stereocenters. The van der Waals surface area contributed by atoms with E-state index in [1.807, 2.05) is 0 Å². The lowest BCUT2D eigenvalue weighted by Crippen LogP contribution is -2.24. The van der Waals surface area contributed by atoms with E-state index in [9.17, 15) is 0 Å². The van der Waals surface area contributed by atoms with E-state index in [1.165, 1.54) is 24.6 Å². The highest BCUT2D eigenvalue weighted by Gasteiger charge is 2.40. The van der Waals surface area contributed by atoms with E-state index in [0.717, 1.165) is 8.58 Å². The van der Waals surface area contributed by atoms with Gasteiger partial charge in [0.2, 0.25) is 0 Å². The van der Waals surface area contributed by atoms with Crippen molar-refractivity contribution in [2.24, 2.45) is 0 Å². The summed E-state index contributed by atoms with van der Waals surface area (Å²) in [6, 6.07) is 0. The Morgan fingerprint density at radius 3 is 1.18 bits per heavy atom. The Bertz CT molecular complexity index is 188. The van der Waals surface area contributed by atoms with Crippen molar-refractivity contribution in [3.05, 3.63) is 0 Å². The fourth-order valence-corrected chi connectivity index (χ4v) is 16.0. The van der Waals surface area contributed by atoms with Crippen molar-refractivity contribution in [2.45, 2.75) is 65.2 Å². The van der Waals surface area contributed by atoms with Crippen molar-refractivity contribution < 1.29 is 0 Å². The second-order valence-electron chi connectivity index (χ2n) is 5.74. The van der Waals surface area contributed by atoms with Crippen LogP contribution >= 0.6 is 24.4 Å². The first-order chi connectivity index (χ1) is 7.75. The standard InChI is InChI=1S/C14H33P3/c1-9-16(10-2)14(8,15-13(5,6)7)17(11-3)12-4/h15H,9-12H2,1-8H3. The summed E-state index contributed by atoms with van der Waals surface area (Å²) in [4.78, 5) is 0. The van der Waals surface area contributed by atoms with Gasteiger partial charge in [0.1, 0.15) is 0 Å². The summed E-state index contributed by atoms with van der Waals surface area (Å²) in [5.41, 5.74) is 0. The number of hydrogen-bond acceptors (Lipinski definition) is 0. The largest absolute Gasteiger partial charge is 0.101 e. The Balaban J connectivity index is 5.17. The van der Waals surface area contributed by atoms with Crippen molar-refractivity contribution >= 4 is 24.4 Å². The molecule has 0 aliphatic carbocycles. The highest BCUT2D eigenvalue weighted by Crippen LogP contribution is 2.75. The predicted molar refractivity (Wildman–Crippen MR) is 92.5 cm³/mol. The molecule has 0 saturated heterocycles. The molecule has 0 heterocycles. The molecule has 0 bridgehead atoms. The molecule has 0 radical (unpaired) electrons. The lowest BCUT2D eigenvalue weighted by molar-refractivity contribution is 0.787. The molecule has 0 aliphatic heterocycles. The average Bonchev–Trinajstić information content (AvgIpc) is 2.18. The molecule has 3 heteroatoms. The molecule has 1 atom stereocenters. The van der Waals surface area contributed by atoms with Gasteiger partial charge in [-0.2, -0.15) is 0 Å². The van der Waals surface area contributed by atoms with Gasteiger partial charge in [-0.3, -0.25) is 0 Å². The van der Waals surface area contributed by atoms with Gasteiger partial charge in [0, 0.05) is 4.64 Å². The molecule has 0 nitrogen and oxygen atoms in total. The zero-order valence-electron chi connectivity index (χ0n) is 13.2. The molecule has 0 aromatic heterocycles. The highest BCUT2D eigenvalue weighted by molar-refractivity contribution is 7.88. The molecular weight excluding hydrogens is 261 g/mol. The van der Waals surface area contributed by atoms with Crippen molar-refractivity contribution in [1.29, 1.82) is 0 Å². The summed E-state index contributed by atoms with van der Waals surface area (Å²) in [5.74, 6) is 0. The van der Waals surface area contributed by atoms with E-state index >= 15 is 0 Å². The van der Waals surface area contributed by atoms with Crippen LogP contribution in [0.4, 0.5) is 0 Å². The summed E-state index contributed by atoms with van der Waals surface area (Å²) in [7, 11) is 1.58. The Kier molecular flexibility index (Phi) is 8.37. The molecule has 0 rings (SSSR count). The zero-order valence-corrected chi connectivity index (χ0v) is 16.0. The van der Waals surface area contributed by atoms with Crippen LogP contribution in [0.3, 0.4) is 0 Å². The van der Waals surface area contributed by atoms with Gasteiger partial charge in [0.05, 0.1) is 0 Å². The van der Waals surface area contributed by atoms with E-state index in [4.69, 9.17) is 0 Å². The molecular formula is C14H33P3. The van der Waals surface area contributed by atoms with Gasteiger partial charge in [-0.1, -0.05) is 64.3 Å². The van der Waals surface area contributed by atoms with Crippen LogP contribution in [0.15, 0.2) is 0 Å². The van der Waals surface area contributed by atoms with E-state index in [2.05, 4.69) is 55.4 Å². The van der Waals surface area contributed by atoms with Gasteiger partial charge in [0.15, 0.2) is 0 Å². The molecule has 0 amide bonds. The average molecular weight is 294 g/mol. The van der Waals surface area contributed by atoms with Crippen molar-refractivity contribution in [3.63, 3.8) is 0 Å². The maximum absolute atomic E-state index is 2.63. The Morgan fingerprint density at radius 2 is 1.00 bits per heavy atom. The monoisotopic (exact) mass is 294 g/mol. The van der Waals surface area contributed by atoms with Crippen molar-refractivity contribution in [3.8, 4) is 0 Å². The van der Waals surface area contributed by atoms with E-state index in [0.29, 0.717) is 9.79 Å². The first-order valence-electron chi connectivity index (χ1n) is 7.04. The summed E-state index contributed by atoms with van der Waals surface area (Å²) in [5, 5.41) is 0.505. The van der Waals surface area contributed by atoms with Gasteiger partial charge in [-0.15, -0.1) is 8.58 Å². The molecule has 0 spiro atoms. The SMILES string of the molecule is CCP(CC)C(C)(PC(C)(C)C)P(CC)CC. The molecule has 0 aromatic carbocycles. The van der Waals surface area contributed by atoms with Crippen molar-refractivity contribution in [2.75, 3.05) is 24.6 Å². The van der Waals surface area contributed by atoms with Crippen LogP contribution < -0.4 is 0 Å². The third-order valence-electron chi connectivity index (χ3n) is 3.37. The fraction of sp³-hybridized carbons (Fsp3) is 1.00. The molecule has 104 valence electrons. The maximum Gasteiger partial charge on any atom is 0.0249 e. The van der Waals surface area contributed by atoms with Gasteiger partial charge < -0.3 is 0 Å². The van der Waals surface area contributed by atoms with Crippen LogP contribution in [0.25, 0.3) is 0 Å². The Labute approximate surface area is 114 Å². The van der Waals surface area contributed by atoms with Crippen LogP contribution in [0.1, 0.15) is 55.4 Å². The summed E-state index contributed by atoms with van der Waals surface area (Å²) < 4.78 is 0.677. The van der Waals surface area contributed by atoms with Gasteiger partial charge in [-0.25, -0.2) is 0 Å². The minimum absolute atomic E-state index is 0.224. The summed E-state index contributed by atoms with van der Waals surface area (Å²) in [6.07, 6.45) is 5.68. The Morgan fingerprint density at radius 1 is 0.706 bits per heavy atom. The Hall–Kier alpha value is 1.29. The zero-order chi connectivity index (χ0) is 13.7. The molecule has 0 aliphatic rings. The summed E-state index contributed by atoms with van der Waals surface area (Å²) >= 11 is 0. The second-order valence-corrected chi connectivity index (χ2v) is 16.2. The van der Waals surface area contributed by atoms with E-state index < -0.39 is 0 Å². The van der Waals surface area contributed by atoms with Crippen molar-refractivity contribution in [1.82, 2.24) is 0 Å². The van der Waals surface area contributed by atoms with Crippen LogP contribution in [0.2, 0.25) is 0 Å². The van der Waals surface area contributed by atoms with Crippen LogP contribution in [-0.2, 0) is 0 Å². The predicted octanol–water partition coefficient (Wildman–Crippen LogP) is 6.18. The normalized spacial score (nSPS) is 14.5. The van der Waals surface area contributed by atoms with Gasteiger partial charge >= 0.3 is 0 Å². The maximum atomic E-state index is 2.63. The first kappa shape index (κ1) is 18.3. The smallest absolute Gasteiger partial charge is 0.0249 e. The molecule has 0 fully saturated rings. The third kappa shape index (κ3) is 5.43. The van der Waals surface area contributed by atoms with Crippen LogP contribution in [0.5, 0.6) is 0 Å². The molecule has 0 N–H and O–H groups in total. The topological polar surface area (TPSA) is 0 Å². The first-order valence-corrected chi connectivity index (χ1v) is 11.5. The summed E-state index contributed by atoms with van der Waals surface area (Å²) in [6.45, 7) is 19.6. The quantitative estimate of drug-likeness (QED) is 0.492. The number of hydrogen-bond donors (Lipinski definition) is 0. The van der Waals surface area contributed by atoms with E-state index in [1.54, 1.807) is 0 Å². The molecule has 0 aromatic rings. The lowest BCUT2D eigenvalue weighted by Gasteiger charge is -2.47. The van der Waals surface area contributed by atoms with Crippen LogP contribution in [-0.4, -0.2) is 34.4 Å². The second kappa shape index (κ2) is 7.78. The third-order valence-corrected chi connectivity index (χ3v) is 14.4. The fourth-order valence-electron chi connectivity index (χ4n) is 2.75. The highest BCUT2D eigenvalue weighted by atomic mass is 31.2.